The van der Waals surface area contributed by atoms with E-state index in [0.717, 1.165) is 0 Å². The maximum atomic E-state index is 5.52. The minimum Gasteiger partial charge on any atom is -0.383 e. The molecule has 2 heterocycles. The van der Waals surface area contributed by atoms with Crippen LogP contribution in [0.25, 0.3) is 11.2 Å². The highest BCUT2D eigenvalue weighted by atomic mass is 15.0. The van der Waals surface area contributed by atoms with Crippen molar-refractivity contribution in [1.82, 2.24) is 19.9 Å². The molecule has 56 valence electrons. The van der Waals surface area contributed by atoms with Gasteiger partial charge in [-0.3, -0.25) is 0 Å². The van der Waals surface area contributed by atoms with Crippen molar-refractivity contribution in [2.75, 3.05) is 5.73 Å². The van der Waals surface area contributed by atoms with Gasteiger partial charge in [0.1, 0.15) is 5.82 Å². The molecule has 2 rings (SSSR count). The molecule has 5 heteroatoms. The van der Waals surface area contributed by atoms with Gasteiger partial charge in [-0.2, -0.15) is 0 Å². The Morgan fingerprint density at radius 3 is 3.00 bits per heavy atom. The largest absolute Gasteiger partial charge is 0.383 e. The number of nitrogens with two attached hydrogens (primary N) is 1. The van der Waals surface area contributed by atoms with E-state index in [9.17, 15) is 0 Å². The summed E-state index contributed by atoms with van der Waals surface area (Å²) in [5.74, 6) is 1.06. The number of fused-ring (bicyclic) bond motifs is 1. The topological polar surface area (TPSA) is 78.8 Å². The second-order valence-electron chi connectivity index (χ2n) is 2.20. The standard InChI is InChI=1S/C6H6N5/c1-3-10-4-5(7)8-2-9-6(4)11-3/h2H,1H3,(H2-,7,8,9,10,11)/q-1. The van der Waals surface area contributed by atoms with Crippen molar-refractivity contribution in [1.29, 1.82) is 0 Å². The van der Waals surface area contributed by atoms with Gasteiger partial charge in [0.25, 0.3) is 0 Å². The van der Waals surface area contributed by atoms with Crippen LogP contribution in [0.4, 0.5) is 5.82 Å². The molecule has 0 aromatic carbocycles. The molecule has 0 atom stereocenters. The lowest BCUT2D eigenvalue weighted by Gasteiger charge is -1.96. The van der Waals surface area contributed by atoms with Gasteiger partial charge in [-0.05, 0) is 12.7 Å². The fraction of sp³-hybridized carbons (Fsp3) is 0.167. The van der Waals surface area contributed by atoms with Gasteiger partial charge in [-0.15, -0.1) is 0 Å². The molecule has 0 radical (unpaired) electrons. The van der Waals surface area contributed by atoms with Crippen molar-refractivity contribution in [2.24, 2.45) is 0 Å². The van der Waals surface area contributed by atoms with Gasteiger partial charge < -0.3 is 20.7 Å². The Balaban J connectivity index is 2.90. The molecule has 0 saturated carbocycles. The van der Waals surface area contributed by atoms with Crippen molar-refractivity contribution in [3.05, 3.63) is 12.2 Å². The predicted octanol–water partition coefficient (Wildman–Crippen LogP) is -0.127. The molecule has 2 aromatic rings. The maximum Gasteiger partial charge on any atom is 0.134 e. The van der Waals surface area contributed by atoms with E-state index in [1.807, 2.05) is 0 Å². The van der Waals surface area contributed by atoms with E-state index in [1.165, 1.54) is 6.33 Å². The highest BCUT2D eigenvalue weighted by Gasteiger charge is 1.94. The van der Waals surface area contributed by atoms with Crippen molar-refractivity contribution >= 4 is 17.0 Å². The van der Waals surface area contributed by atoms with Gasteiger partial charge in [-0.1, -0.05) is 0 Å². The van der Waals surface area contributed by atoms with Crippen LogP contribution in [0.1, 0.15) is 5.82 Å². The summed E-state index contributed by atoms with van der Waals surface area (Å²) >= 11 is 0. The normalized spacial score (nSPS) is 10.6. The fourth-order valence-electron chi connectivity index (χ4n) is 0.912. The lowest BCUT2D eigenvalue weighted by atomic mass is 10.5. The molecule has 11 heavy (non-hydrogen) atoms. The number of aromatic nitrogens is 4. The predicted molar refractivity (Wildman–Crippen MR) is 39.8 cm³/mol. The van der Waals surface area contributed by atoms with Gasteiger partial charge in [0.15, 0.2) is 0 Å². The lowest BCUT2D eigenvalue weighted by molar-refractivity contribution is 1.14. The molecule has 0 unspecified atom stereocenters. The van der Waals surface area contributed by atoms with Crippen LogP contribution in [-0.4, -0.2) is 15.0 Å². The molecule has 0 fully saturated rings. The average molecular weight is 148 g/mol. The Labute approximate surface area is 62.7 Å². The number of imidazole rings is 1. The SMILES string of the molecule is Cc1nc2c(N)ncnc2[n-]1. The molecule has 0 aliphatic heterocycles. The van der Waals surface area contributed by atoms with Gasteiger partial charge in [0.2, 0.25) is 0 Å². The van der Waals surface area contributed by atoms with Gasteiger partial charge in [-0.25, -0.2) is 4.98 Å². The van der Waals surface area contributed by atoms with Gasteiger partial charge in [0, 0.05) is 17.5 Å². The summed E-state index contributed by atoms with van der Waals surface area (Å²) in [5.41, 5.74) is 6.67. The summed E-state index contributed by atoms with van der Waals surface area (Å²) in [7, 11) is 0. The molecule has 0 aliphatic carbocycles. The van der Waals surface area contributed by atoms with E-state index in [1.54, 1.807) is 6.92 Å². The second kappa shape index (κ2) is 1.91. The Kier molecular flexibility index (Phi) is 1.06. The van der Waals surface area contributed by atoms with Crippen LogP contribution in [0, 0.1) is 6.92 Å². The van der Waals surface area contributed by atoms with Crippen LogP contribution in [-0.2, 0) is 0 Å². The molecule has 0 saturated heterocycles. The van der Waals surface area contributed by atoms with E-state index in [2.05, 4.69) is 19.9 Å². The van der Waals surface area contributed by atoms with E-state index in [4.69, 9.17) is 5.73 Å². The molecular weight excluding hydrogens is 142 g/mol. The quantitative estimate of drug-likeness (QED) is 0.563. The first kappa shape index (κ1) is 6.09. The van der Waals surface area contributed by atoms with E-state index >= 15 is 0 Å². The van der Waals surface area contributed by atoms with Gasteiger partial charge in [0.05, 0.1) is 0 Å². The summed E-state index contributed by atoms with van der Waals surface area (Å²) < 4.78 is 0. The van der Waals surface area contributed by atoms with E-state index in [0.29, 0.717) is 22.8 Å². The third-order valence-corrected chi connectivity index (χ3v) is 1.37. The highest BCUT2D eigenvalue weighted by Crippen LogP contribution is 2.10. The fourth-order valence-corrected chi connectivity index (χ4v) is 0.912. The van der Waals surface area contributed by atoms with Crippen molar-refractivity contribution < 1.29 is 0 Å². The summed E-state index contributed by atoms with van der Waals surface area (Å²) in [6, 6.07) is 0. The van der Waals surface area contributed by atoms with Gasteiger partial charge >= 0.3 is 0 Å². The van der Waals surface area contributed by atoms with Crippen LogP contribution in [0.3, 0.4) is 0 Å². The number of rotatable bonds is 0. The molecule has 0 aliphatic rings. The Morgan fingerprint density at radius 1 is 1.45 bits per heavy atom. The Morgan fingerprint density at radius 2 is 2.27 bits per heavy atom. The third kappa shape index (κ3) is 0.813. The second-order valence-corrected chi connectivity index (χ2v) is 2.20. The minimum atomic E-state index is 0.385. The third-order valence-electron chi connectivity index (χ3n) is 1.37. The number of aryl methyl sites for hydroxylation is 1. The zero-order valence-electron chi connectivity index (χ0n) is 5.94. The molecule has 2 aromatic heterocycles. The van der Waals surface area contributed by atoms with Crippen molar-refractivity contribution in [3.8, 4) is 0 Å². The Hall–Kier alpha value is -1.65. The zero-order chi connectivity index (χ0) is 7.84. The Bertz CT molecular complexity index is 391. The monoisotopic (exact) mass is 148 g/mol. The smallest absolute Gasteiger partial charge is 0.134 e. The number of nitrogen functional groups attached to an aromatic ring is 1. The zero-order valence-corrected chi connectivity index (χ0v) is 5.94. The number of nitrogens with zero attached hydrogens (tertiary/aromatic N) is 4. The molecular formula is C6H6N5-. The maximum absolute atomic E-state index is 5.52. The first-order valence-electron chi connectivity index (χ1n) is 3.15. The first-order chi connectivity index (χ1) is 5.27. The summed E-state index contributed by atoms with van der Waals surface area (Å²) in [5, 5.41) is 0. The highest BCUT2D eigenvalue weighted by molar-refractivity contribution is 5.80. The van der Waals surface area contributed by atoms with Crippen LogP contribution in [0.5, 0.6) is 0 Å². The lowest BCUT2D eigenvalue weighted by Crippen LogP contribution is -1.92. The summed E-state index contributed by atoms with van der Waals surface area (Å²) in [4.78, 5) is 15.8. The van der Waals surface area contributed by atoms with Crippen molar-refractivity contribution in [2.45, 2.75) is 6.92 Å². The van der Waals surface area contributed by atoms with Crippen molar-refractivity contribution in [3.63, 3.8) is 0 Å². The van der Waals surface area contributed by atoms with Crippen LogP contribution >= 0.6 is 0 Å². The molecule has 5 nitrogen and oxygen atoms in total. The van der Waals surface area contributed by atoms with Crippen LogP contribution in [0.15, 0.2) is 6.33 Å². The molecule has 2 N–H and O–H groups in total. The summed E-state index contributed by atoms with van der Waals surface area (Å²) in [6.45, 7) is 1.79. The average Bonchev–Trinajstić information content (AvgIpc) is 2.31. The number of anilines is 1. The van der Waals surface area contributed by atoms with Crippen LogP contribution in [0.2, 0.25) is 0 Å². The molecule has 0 amide bonds. The number of hydrogen-bond donors (Lipinski definition) is 1. The van der Waals surface area contributed by atoms with E-state index in [-0.39, 0.29) is 0 Å². The first-order valence-corrected chi connectivity index (χ1v) is 3.15. The summed E-state index contributed by atoms with van der Waals surface area (Å²) in [6.07, 6.45) is 1.38. The number of hydrogen-bond acceptors (Lipinski definition) is 4. The minimum absolute atomic E-state index is 0.385. The van der Waals surface area contributed by atoms with Crippen LogP contribution < -0.4 is 10.7 Å². The molecule has 0 bridgehead atoms. The molecule has 0 spiro atoms. The van der Waals surface area contributed by atoms with E-state index < -0.39 is 0 Å².